The van der Waals surface area contributed by atoms with Crippen LogP contribution >= 0.6 is 23.7 Å². The molecule has 2 aliphatic rings. The number of fused-ring (bicyclic) bond motifs is 4. The fourth-order valence-corrected chi connectivity index (χ4v) is 6.08. The lowest BCUT2D eigenvalue weighted by atomic mass is 9.99. The van der Waals surface area contributed by atoms with E-state index < -0.39 is 0 Å². The molecular formula is C23H24ClN7S. The number of pyridine rings is 1. The van der Waals surface area contributed by atoms with Crippen molar-refractivity contribution < 1.29 is 0 Å². The zero-order valence-electron chi connectivity index (χ0n) is 17.9. The van der Waals surface area contributed by atoms with Crippen molar-refractivity contribution in [2.75, 3.05) is 11.9 Å². The Labute approximate surface area is 196 Å². The molecule has 0 amide bonds. The van der Waals surface area contributed by atoms with Gasteiger partial charge in [0.25, 0.3) is 0 Å². The number of nitrogens with zero attached hydrogens (tertiary/aromatic N) is 6. The number of nitriles is 1. The van der Waals surface area contributed by atoms with Gasteiger partial charge >= 0.3 is 0 Å². The van der Waals surface area contributed by atoms with E-state index in [9.17, 15) is 5.26 Å². The second-order valence-electron chi connectivity index (χ2n) is 8.77. The van der Waals surface area contributed by atoms with Gasteiger partial charge in [-0.2, -0.15) is 10.4 Å². The number of rotatable bonds is 3. The van der Waals surface area contributed by atoms with E-state index in [1.165, 1.54) is 25.7 Å². The normalized spacial score (nSPS) is 22.1. The van der Waals surface area contributed by atoms with Gasteiger partial charge in [0, 0.05) is 49.4 Å². The van der Waals surface area contributed by atoms with E-state index in [1.54, 1.807) is 16.0 Å². The quantitative estimate of drug-likeness (QED) is 0.486. The molecule has 3 atom stereocenters. The smallest absolute Gasteiger partial charge is 0.187 e. The van der Waals surface area contributed by atoms with Crippen LogP contribution in [0.15, 0.2) is 30.5 Å². The van der Waals surface area contributed by atoms with Gasteiger partial charge in [-0.25, -0.2) is 9.97 Å². The monoisotopic (exact) mass is 465 g/mol. The van der Waals surface area contributed by atoms with Crippen molar-refractivity contribution >= 4 is 50.1 Å². The third-order valence-corrected chi connectivity index (χ3v) is 7.74. The minimum absolute atomic E-state index is 0. The third kappa shape index (κ3) is 3.51. The first kappa shape index (κ1) is 21.1. The molecule has 2 bridgehead atoms. The Kier molecular flexibility index (Phi) is 5.28. The first-order valence-corrected chi connectivity index (χ1v) is 11.5. The molecule has 0 saturated carbocycles. The number of hydrogen-bond donors (Lipinski definition) is 1. The molecular weight excluding hydrogens is 442 g/mol. The maximum absolute atomic E-state index is 9.58. The van der Waals surface area contributed by atoms with Crippen molar-refractivity contribution in [2.45, 2.75) is 43.8 Å². The Hall–Kier alpha value is -2.73. The van der Waals surface area contributed by atoms with Crippen molar-refractivity contribution in [2.24, 2.45) is 7.05 Å². The molecule has 0 aliphatic carbocycles. The molecule has 0 spiro atoms. The van der Waals surface area contributed by atoms with Crippen molar-refractivity contribution in [1.82, 2.24) is 25.1 Å². The highest BCUT2D eigenvalue weighted by Gasteiger charge is 2.35. The number of benzene rings is 1. The summed E-state index contributed by atoms with van der Waals surface area (Å²) in [7, 11) is 4.04. The second-order valence-corrected chi connectivity index (χ2v) is 9.72. The summed E-state index contributed by atoms with van der Waals surface area (Å²) >= 11 is 1.65. The van der Waals surface area contributed by atoms with Crippen LogP contribution in [0.2, 0.25) is 0 Å². The minimum atomic E-state index is 0. The molecule has 5 heterocycles. The lowest BCUT2D eigenvalue weighted by molar-refractivity contribution is 0.354. The Morgan fingerprint density at radius 2 is 1.97 bits per heavy atom. The average molecular weight is 466 g/mol. The highest BCUT2D eigenvalue weighted by molar-refractivity contribution is 7.21. The number of nitrogens with one attached hydrogen (secondary N) is 1. The zero-order chi connectivity index (χ0) is 21.1. The lowest BCUT2D eigenvalue weighted by Crippen LogP contribution is -2.47. The molecule has 4 aromatic rings. The second kappa shape index (κ2) is 8.00. The molecule has 0 radical (unpaired) electrons. The van der Waals surface area contributed by atoms with Crippen LogP contribution in [0.25, 0.3) is 32.5 Å². The van der Waals surface area contributed by atoms with Crippen molar-refractivity contribution in [3.8, 4) is 17.3 Å². The van der Waals surface area contributed by atoms with Gasteiger partial charge in [-0.05, 0) is 49.9 Å². The van der Waals surface area contributed by atoms with Crippen LogP contribution in [-0.2, 0) is 7.05 Å². The summed E-state index contributed by atoms with van der Waals surface area (Å²) < 4.78 is 1.74. The van der Waals surface area contributed by atoms with Crippen LogP contribution in [0.4, 0.5) is 5.13 Å². The van der Waals surface area contributed by atoms with Crippen LogP contribution in [0.3, 0.4) is 0 Å². The highest BCUT2D eigenvalue weighted by Crippen LogP contribution is 2.35. The lowest BCUT2D eigenvalue weighted by Gasteiger charge is -2.35. The van der Waals surface area contributed by atoms with Crippen LogP contribution in [0.1, 0.15) is 31.2 Å². The number of hydrogen-bond acceptors (Lipinski definition) is 7. The minimum Gasteiger partial charge on any atom is -0.348 e. The Bertz CT molecular complexity index is 1340. The number of halogens is 1. The molecule has 7 nitrogen and oxygen atoms in total. The van der Waals surface area contributed by atoms with Gasteiger partial charge in [-0.15, -0.1) is 12.4 Å². The number of piperidine rings is 1. The molecule has 6 rings (SSSR count). The summed E-state index contributed by atoms with van der Waals surface area (Å²) in [6.07, 6.45) is 6.90. The van der Waals surface area contributed by atoms with Crippen LogP contribution in [-0.4, -0.2) is 44.9 Å². The SMILES string of the molecule is CN(c1nc2ccc(-c3cc(C#N)c4nn(C)cc4c3)nc2s1)C1C[C@H]2CC[C@@H](C1)N2.Cl. The molecule has 32 heavy (non-hydrogen) atoms. The summed E-state index contributed by atoms with van der Waals surface area (Å²) in [6.45, 7) is 0. The van der Waals surface area contributed by atoms with Gasteiger partial charge in [0.1, 0.15) is 21.9 Å². The third-order valence-electron chi connectivity index (χ3n) is 6.68. The van der Waals surface area contributed by atoms with Gasteiger partial charge < -0.3 is 10.2 Å². The molecule has 1 aromatic carbocycles. The molecule has 164 valence electrons. The Morgan fingerprint density at radius 3 is 2.72 bits per heavy atom. The first-order chi connectivity index (χ1) is 15.1. The van der Waals surface area contributed by atoms with Crippen LogP contribution < -0.4 is 10.2 Å². The first-order valence-electron chi connectivity index (χ1n) is 10.7. The number of anilines is 1. The summed E-state index contributed by atoms with van der Waals surface area (Å²) in [6, 6.07) is 12.1. The fraction of sp³-hybridized carbons (Fsp3) is 0.391. The topological polar surface area (TPSA) is 82.7 Å². The highest BCUT2D eigenvalue weighted by atomic mass is 35.5. The van der Waals surface area contributed by atoms with E-state index in [1.807, 2.05) is 31.4 Å². The van der Waals surface area contributed by atoms with E-state index in [-0.39, 0.29) is 12.4 Å². The van der Waals surface area contributed by atoms with E-state index in [0.29, 0.717) is 23.7 Å². The summed E-state index contributed by atoms with van der Waals surface area (Å²) in [5, 5.41) is 19.7. The number of aryl methyl sites for hydroxylation is 1. The number of thiazole rings is 1. The maximum Gasteiger partial charge on any atom is 0.187 e. The Balaban J connectivity index is 0.00000216. The van der Waals surface area contributed by atoms with Gasteiger partial charge in [-0.1, -0.05) is 11.3 Å². The van der Waals surface area contributed by atoms with Gasteiger partial charge in [0.05, 0.1) is 11.3 Å². The van der Waals surface area contributed by atoms with E-state index >= 15 is 0 Å². The maximum atomic E-state index is 9.58. The predicted molar refractivity (Wildman–Crippen MR) is 130 cm³/mol. The summed E-state index contributed by atoms with van der Waals surface area (Å²) in [5.41, 5.74) is 4.01. The molecule has 3 aromatic heterocycles. The molecule has 1 unspecified atom stereocenters. The van der Waals surface area contributed by atoms with Crippen molar-refractivity contribution in [3.05, 3.63) is 36.0 Å². The van der Waals surface area contributed by atoms with Crippen molar-refractivity contribution in [1.29, 1.82) is 5.26 Å². The zero-order valence-corrected chi connectivity index (χ0v) is 19.6. The molecule has 2 saturated heterocycles. The van der Waals surface area contributed by atoms with E-state index in [2.05, 4.69) is 34.5 Å². The molecule has 9 heteroatoms. The van der Waals surface area contributed by atoms with E-state index in [0.717, 1.165) is 37.6 Å². The van der Waals surface area contributed by atoms with E-state index in [4.69, 9.17) is 9.97 Å². The Morgan fingerprint density at radius 1 is 1.19 bits per heavy atom. The summed E-state index contributed by atoms with van der Waals surface area (Å²) in [4.78, 5) is 13.1. The number of aromatic nitrogens is 4. The molecule has 2 aliphatic heterocycles. The standard InChI is InChI=1S/C23H23N7S.ClH/c1-29-12-15-8-13(7-14(11-24)21(15)28-29)19-5-6-20-22(26-19)31-23(27-20)30(2)18-9-16-3-4-17(10-18)25-16;/h5-8,12,16-18,25H,3-4,9-10H2,1-2H3;1H/t16-,17+,18?;. The predicted octanol–water partition coefficient (Wildman–Crippen LogP) is 4.26. The largest absolute Gasteiger partial charge is 0.348 e. The summed E-state index contributed by atoms with van der Waals surface area (Å²) in [5.74, 6) is 0. The molecule has 1 N–H and O–H groups in total. The van der Waals surface area contributed by atoms with Gasteiger partial charge in [0.15, 0.2) is 5.13 Å². The van der Waals surface area contributed by atoms with Crippen LogP contribution in [0.5, 0.6) is 0 Å². The fourth-order valence-electron chi connectivity index (χ4n) is 5.10. The van der Waals surface area contributed by atoms with Crippen molar-refractivity contribution in [3.63, 3.8) is 0 Å². The average Bonchev–Trinajstić information content (AvgIpc) is 3.46. The van der Waals surface area contributed by atoms with Crippen LogP contribution in [0, 0.1) is 11.3 Å². The van der Waals surface area contributed by atoms with Gasteiger partial charge in [0.2, 0.25) is 0 Å². The molecule has 2 fully saturated rings. The van der Waals surface area contributed by atoms with Gasteiger partial charge in [-0.3, -0.25) is 4.68 Å².